The Morgan fingerprint density at radius 3 is 2.15 bits per heavy atom. The van der Waals surface area contributed by atoms with Gasteiger partial charge >= 0.3 is 11.9 Å². The van der Waals surface area contributed by atoms with Gasteiger partial charge in [0, 0.05) is 29.9 Å². The molecule has 2 rings (SSSR count). The predicted molar refractivity (Wildman–Crippen MR) is 149 cm³/mol. The topological polar surface area (TPSA) is 204 Å². The molecule has 1 aromatic carbocycles. The second-order valence-electron chi connectivity index (χ2n) is 10.6. The fourth-order valence-electron chi connectivity index (χ4n) is 4.33. The third-order valence-electron chi connectivity index (χ3n) is 6.85. The van der Waals surface area contributed by atoms with E-state index in [9.17, 15) is 29.1 Å². The summed E-state index contributed by atoms with van der Waals surface area (Å²) in [6.45, 7) is 7.26. The number of para-hydroxylation sites is 1. The van der Waals surface area contributed by atoms with Gasteiger partial charge in [-0.15, -0.1) is 0 Å². The maximum atomic E-state index is 13.6. The largest absolute Gasteiger partial charge is 0.481 e. The summed E-state index contributed by atoms with van der Waals surface area (Å²) in [5, 5.41) is 27.3. The number of rotatable bonds is 16. The van der Waals surface area contributed by atoms with Crippen LogP contribution in [-0.4, -0.2) is 69.0 Å². The monoisotopic (exact) mass is 559 g/mol. The van der Waals surface area contributed by atoms with Gasteiger partial charge in [0.05, 0.1) is 6.04 Å². The number of aromatic amines is 1. The quantitative estimate of drug-likeness (QED) is 0.160. The molecule has 0 aliphatic rings. The number of hydrogen-bond donors (Lipinski definition) is 7. The molecule has 220 valence electrons. The molecule has 0 bridgehead atoms. The Kier molecular flexibility index (Phi) is 12.1. The predicted octanol–water partition coefficient (Wildman–Crippen LogP) is 1.53. The number of carboxylic acids is 2. The molecule has 8 N–H and O–H groups in total. The van der Waals surface area contributed by atoms with Crippen molar-refractivity contribution in [3.8, 4) is 0 Å². The maximum absolute atomic E-state index is 13.6. The van der Waals surface area contributed by atoms with Gasteiger partial charge in [-0.05, 0) is 36.3 Å². The van der Waals surface area contributed by atoms with Crippen LogP contribution in [0, 0.1) is 11.8 Å². The molecule has 1 aromatic heterocycles. The van der Waals surface area contributed by atoms with Gasteiger partial charge in [0.2, 0.25) is 17.7 Å². The molecule has 0 fully saturated rings. The van der Waals surface area contributed by atoms with E-state index in [1.165, 1.54) is 0 Å². The van der Waals surface area contributed by atoms with Gasteiger partial charge in [0.1, 0.15) is 18.1 Å². The van der Waals surface area contributed by atoms with Crippen molar-refractivity contribution in [1.82, 2.24) is 20.9 Å². The molecule has 40 heavy (non-hydrogen) atoms. The van der Waals surface area contributed by atoms with Crippen LogP contribution in [0.4, 0.5) is 0 Å². The van der Waals surface area contributed by atoms with E-state index in [2.05, 4.69) is 20.9 Å². The molecular formula is C28H41N5O7. The number of H-pyrrole nitrogens is 1. The van der Waals surface area contributed by atoms with Gasteiger partial charge in [-0.25, -0.2) is 4.79 Å². The van der Waals surface area contributed by atoms with Crippen LogP contribution in [0.5, 0.6) is 0 Å². The number of carbonyl (C=O) groups excluding carboxylic acids is 3. The second kappa shape index (κ2) is 15.0. The maximum Gasteiger partial charge on any atom is 0.326 e. The zero-order chi connectivity index (χ0) is 30.0. The third kappa shape index (κ3) is 9.37. The Morgan fingerprint density at radius 1 is 0.925 bits per heavy atom. The average molecular weight is 560 g/mol. The molecule has 0 aliphatic carbocycles. The van der Waals surface area contributed by atoms with Crippen molar-refractivity contribution in [2.45, 2.75) is 84.0 Å². The van der Waals surface area contributed by atoms with Crippen molar-refractivity contribution in [2.75, 3.05) is 0 Å². The van der Waals surface area contributed by atoms with Crippen LogP contribution in [0.3, 0.4) is 0 Å². The molecule has 1 heterocycles. The number of nitrogens with two attached hydrogens (primary N) is 1. The number of hydrogen-bond acceptors (Lipinski definition) is 6. The average Bonchev–Trinajstić information content (AvgIpc) is 3.31. The van der Waals surface area contributed by atoms with Crippen molar-refractivity contribution in [3.05, 3.63) is 36.0 Å². The smallest absolute Gasteiger partial charge is 0.326 e. The standard InChI is InChI=1S/C28H41N5O7/c1-5-16(4)24(28(39)40)33-27(38)21(12-15(2)3)32-26(37)22(31-25(36)19(29)10-11-23(34)35)13-17-14-30-20-9-7-6-8-18(17)20/h6-9,14-16,19,21-22,24,30H,5,10-13,29H2,1-4H3,(H,31,36)(H,32,37)(H,33,38)(H,34,35)(H,39,40). The van der Waals surface area contributed by atoms with Crippen molar-refractivity contribution < 1.29 is 34.2 Å². The zero-order valence-corrected chi connectivity index (χ0v) is 23.4. The van der Waals surface area contributed by atoms with E-state index in [-0.39, 0.29) is 37.5 Å². The summed E-state index contributed by atoms with van der Waals surface area (Å²) in [4.78, 5) is 65.4. The Bertz CT molecular complexity index is 1190. The molecule has 0 saturated carbocycles. The highest BCUT2D eigenvalue weighted by Crippen LogP contribution is 2.20. The van der Waals surface area contributed by atoms with E-state index >= 15 is 0 Å². The highest BCUT2D eigenvalue weighted by Gasteiger charge is 2.32. The Hall–Kier alpha value is -3.93. The van der Waals surface area contributed by atoms with Gasteiger partial charge in [0.25, 0.3) is 0 Å². The van der Waals surface area contributed by atoms with Gasteiger partial charge < -0.3 is 36.9 Å². The van der Waals surface area contributed by atoms with Gasteiger partial charge in [-0.1, -0.05) is 52.3 Å². The molecule has 2 aromatic rings. The van der Waals surface area contributed by atoms with Crippen LogP contribution >= 0.6 is 0 Å². The van der Waals surface area contributed by atoms with E-state index < -0.39 is 53.8 Å². The number of carboxylic acid groups (broad SMARTS) is 2. The lowest BCUT2D eigenvalue weighted by molar-refractivity contribution is -0.144. The molecule has 0 saturated heterocycles. The molecule has 5 atom stereocenters. The number of aromatic nitrogens is 1. The van der Waals surface area contributed by atoms with Crippen LogP contribution in [0.2, 0.25) is 0 Å². The van der Waals surface area contributed by atoms with E-state index in [4.69, 9.17) is 10.8 Å². The minimum Gasteiger partial charge on any atom is -0.481 e. The first-order chi connectivity index (χ1) is 18.8. The van der Waals surface area contributed by atoms with Crippen LogP contribution in [0.15, 0.2) is 30.5 Å². The summed E-state index contributed by atoms with van der Waals surface area (Å²) < 4.78 is 0. The Labute approximate surface area is 233 Å². The summed E-state index contributed by atoms with van der Waals surface area (Å²) in [5.74, 6) is -4.61. The Morgan fingerprint density at radius 2 is 1.55 bits per heavy atom. The van der Waals surface area contributed by atoms with E-state index in [0.29, 0.717) is 6.42 Å². The van der Waals surface area contributed by atoms with Crippen molar-refractivity contribution in [3.63, 3.8) is 0 Å². The van der Waals surface area contributed by atoms with Crippen LogP contribution < -0.4 is 21.7 Å². The van der Waals surface area contributed by atoms with Crippen LogP contribution in [0.1, 0.15) is 58.9 Å². The van der Waals surface area contributed by atoms with E-state index in [1.807, 2.05) is 45.0 Å². The lowest BCUT2D eigenvalue weighted by Gasteiger charge is -2.27. The van der Waals surface area contributed by atoms with Gasteiger partial charge in [-0.3, -0.25) is 19.2 Å². The summed E-state index contributed by atoms with van der Waals surface area (Å²) >= 11 is 0. The molecule has 0 aliphatic heterocycles. The first-order valence-corrected chi connectivity index (χ1v) is 13.5. The summed E-state index contributed by atoms with van der Waals surface area (Å²) in [7, 11) is 0. The first-order valence-electron chi connectivity index (χ1n) is 13.5. The minimum atomic E-state index is -1.17. The fourth-order valence-corrected chi connectivity index (χ4v) is 4.33. The molecule has 0 spiro atoms. The van der Waals surface area contributed by atoms with Gasteiger partial charge in [-0.2, -0.15) is 0 Å². The van der Waals surface area contributed by atoms with Crippen molar-refractivity contribution >= 4 is 40.6 Å². The highest BCUT2D eigenvalue weighted by molar-refractivity contribution is 5.95. The molecule has 5 unspecified atom stereocenters. The van der Waals surface area contributed by atoms with Crippen LogP contribution in [-0.2, 0) is 30.4 Å². The third-order valence-corrected chi connectivity index (χ3v) is 6.85. The number of carbonyl (C=O) groups is 5. The molecule has 0 radical (unpaired) electrons. The lowest BCUT2D eigenvalue weighted by atomic mass is 9.97. The molecular weight excluding hydrogens is 518 g/mol. The number of nitrogens with one attached hydrogen (secondary N) is 4. The molecule has 12 heteroatoms. The minimum absolute atomic E-state index is 0.0194. The van der Waals surface area contributed by atoms with E-state index in [0.717, 1.165) is 16.5 Å². The van der Waals surface area contributed by atoms with Gasteiger partial charge in [0.15, 0.2) is 0 Å². The van der Waals surface area contributed by atoms with Crippen molar-refractivity contribution in [1.29, 1.82) is 0 Å². The van der Waals surface area contributed by atoms with E-state index in [1.54, 1.807) is 13.1 Å². The Balaban J connectivity index is 2.31. The van der Waals surface area contributed by atoms with Crippen LogP contribution in [0.25, 0.3) is 10.9 Å². The van der Waals surface area contributed by atoms with Crippen molar-refractivity contribution in [2.24, 2.45) is 17.6 Å². The number of fused-ring (bicyclic) bond motifs is 1. The lowest BCUT2D eigenvalue weighted by Crippen LogP contribution is -2.58. The summed E-state index contributed by atoms with van der Waals surface area (Å²) in [5.41, 5.74) is 7.46. The number of aliphatic carboxylic acids is 2. The first kappa shape index (κ1) is 32.3. The normalized spacial score (nSPS) is 15.1. The molecule has 3 amide bonds. The number of amides is 3. The summed E-state index contributed by atoms with van der Waals surface area (Å²) in [6, 6.07) is 2.95. The fraction of sp³-hybridized carbons (Fsp3) is 0.536. The summed E-state index contributed by atoms with van der Waals surface area (Å²) in [6.07, 6.45) is 2.12. The molecule has 12 nitrogen and oxygen atoms in total. The zero-order valence-electron chi connectivity index (χ0n) is 23.4. The second-order valence-corrected chi connectivity index (χ2v) is 10.6. The number of benzene rings is 1. The highest BCUT2D eigenvalue weighted by atomic mass is 16.4. The SMILES string of the molecule is CCC(C)C(NC(=O)C(CC(C)C)NC(=O)C(Cc1c[nH]c2ccccc12)NC(=O)C(N)CCC(=O)O)C(=O)O.